The molecule has 0 saturated carbocycles. The Hall–Kier alpha value is -0.890. The van der Waals surface area contributed by atoms with Crippen LogP contribution in [0.25, 0.3) is 0 Å². The summed E-state index contributed by atoms with van der Waals surface area (Å²) in [5, 5.41) is 8.63. The Balaban J connectivity index is 2.27. The molecule has 0 unspecified atom stereocenters. The number of hydrogen-bond donors (Lipinski definition) is 2. The summed E-state index contributed by atoms with van der Waals surface area (Å²) in [6.07, 6.45) is 2.71. The lowest BCUT2D eigenvalue weighted by molar-refractivity contribution is 0.130. The number of rotatable bonds is 10. The number of aliphatic hydroxyl groups excluding tert-OH is 1. The van der Waals surface area contributed by atoms with E-state index in [0.29, 0.717) is 26.2 Å². The molecule has 1 rings (SSSR count). The van der Waals surface area contributed by atoms with Crippen molar-refractivity contribution >= 4 is 10.0 Å². The van der Waals surface area contributed by atoms with Crippen LogP contribution in [0.2, 0.25) is 0 Å². The molecule has 0 radical (unpaired) electrons. The Morgan fingerprint density at radius 3 is 2.68 bits per heavy atom. The van der Waals surface area contributed by atoms with Crippen molar-refractivity contribution < 1.29 is 22.7 Å². The second kappa shape index (κ2) is 8.31. The van der Waals surface area contributed by atoms with Gasteiger partial charge in [0.05, 0.1) is 0 Å². The Bertz CT molecular complexity index is 454. The summed E-state index contributed by atoms with van der Waals surface area (Å²) in [6, 6.07) is 2.76. The van der Waals surface area contributed by atoms with Crippen LogP contribution >= 0.6 is 0 Å². The highest BCUT2D eigenvalue weighted by Crippen LogP contribution is 2.13. The molecule has 19 heavy (non-hydrogen) atoms. The average Bonchev–Trinajstić information content (AvgIpc) is 2.87. The first-order valence-corrected chi connectivity index (χ1v) is 7.85. The molecule has 1 aromatic rings. The molecule has 0 aliphatic rings. The van der Waals surface area contributed by atoms with E-state index < -0.39 is 10.0 Å². The van der Waals surface area contributed by atoms with Gasteiger partial charge in [0.25, 0.3) is 10.0 Å². The minimum atomic E-state index is -3.63. The van der Waals surface area contributed by atoms with Gasteiger partial charge in [0.15, 0.2) is 0 Å². The molecule has 7 heteroatoms. The van der Waals surface area contributed by atoms with E-state index in [0.717, 1.165) is 12.8 Å². The van der Waals surface area contributed by atoms with Gasteiger partial charge < -0.3 is 14.3 Å². The second-order valence-electron chi connectivity index (χ2n) is 4.10. The molecule has 0 fully saturated rings. The van der Waals surface area contributed by atoms with Crippen LogP contribution < -0.4 is 4.72 Å². The zero-order chi connectivity index (χ0) is 14.1. The summed E-state index contributed by atoms with van der Waals surface area (Å²) < 4.78 is 36.3. The highest BCUT2D eigenvalue weighted by atomic mass is 32.2. The van der Waals surface area contributed by atoms with Gasteiger partial charge in [0.2, 0.25) is 5.09 Å². The van der Waals surface area contributed by atoms with Crippen LogP contribution in [0.15, 0.2) is 21.6 Å². The van der Waals surface area contributed by atoms with Gasteiger partial charge in [0.1, 0.15) is 12.4 Å². The largest absolute Gasteiger partial charge is 0.446 e. The monoisotopic (exact) mass is 291 g/mol. The standard InChI is InChI=1S/C12H21NO5S/c1-2-3-8-17-9-4-7-13-19(15,16)12-6-5-11(10-14)18-12/h5-6,13-14H,2-4,7-10H2,1H3. The fourth-order valence-corrected chi connectivity index (χ4v) is 2.41. The van der Waals surface area contributed by atoms with E-state index in [1.807, 2.05) is 0 Å². The highest BCUT2D eigenvalue weighted by molar-refractivity contribution is 7.89. The lowest BCUT2D eigenvalue weighted by Gasteiger charge is -2.05. The molecule has 0 aliphatic carbocycles. The summed E-state index contributed by atoms with van der Waals surface area (Å²) >= 11 is 0. The molecule has 0 aliphatic heterocycles. The number of unbranched alkanes of at least 4 members (excludes halogenated alkanes) is 1. The number of furan rings is 1. The Morgan fingerprint density at radius 2 is 2.05 bits per heavy atom. The quantitative estimate of drug-likeness (QED) is 0.633. The van der Waals surface area contributed by atoms with Crippen molar-refractivity contribution in [3.8, 4) is 0 Å². The van der Waals surface area contributed by atoms with Crippen molar-refractivity contribution in [1.29, 1.82) is 0 Å². The summed E-state index contributed by atoms with van der Waals surface area (Å²) in [4.78, 5) is 0. The molecule has 1 heterocycles. The van der Waals surface area contributed by atoms with Gasteiger partial charge in [-0.3, -0.25) is 0 Å². The zero-order valence-corrected chi connectivity index (χ0v) is 11.9. The number of nitrogens with one attached hydrogen (secondary N) is 1. The SMILES string of the molecule is CCCCOCCCNS(=O)(=O)c1ccc(CO)o1. The zero-order valence-electron chi connectivity index (χ0n) is 11.1. The third-order valence-electron chi connectivity index (χ3n) is 2.46. The van der Waals surface area contributed by atoms with E-state index in [1.54, 1.807) is 0 Å². The summed E-state index contributed by atoms with van der Waals surface area (Å²) in [6.45, 7) is 3.30. The highest BCUT2D eigenvalue weighted by Gasteiger charge is 2.17. The molecule has 0 aromatic carbocycles. The maximum absolute atomic E-state index is 11.8. The summed E-state index contributed by atoms with van der Waals surface area (Å²) in [7, 11) is -3.63. The third-order valence-corrected chi connectivity index (χ3v) is 3.79. The second-order valence-corrected chi connectivity index (χ2v) is 5.79. The van der Waals surface area contributed by atoms with Gasteiger partial charge in [-0.05, 0) is 25.0 Å². The molecule has 0 bridgehead atoms. The maximum atomic E-state index is 11.8. The molecule has 0 atom stereocenters. The van der Waals surface area contributed by atoms with E-state index in [2.05, 4.69) is 11.6 Å². The van der Waals surface area contributed by atoms with E-state index in [4.69, 9.17) is 14.3 Å². The fourth-order valence-electron chi connectivity index (χ4n) is 1.39. The van der Waals surface area contributed by atoms with Crippen molar-refractivity contribution in [2.24, 2.45) is 0 Å². The molecule has 6 nitrogen and oxygen atoms in total. The van der Waals surface area contributed by atoms with Crippen LogP contribution in [0.1, 0.15) is 31.9 Å². The Morgan fingerprint density at radius 1 is 1.32 bits per heavy atom. The fraction of sp³-hybridized carbons (Fsp3) is 0.667. The van der Waals surface area contributed by atoms with Gasteiger partial charge in [0, 0.05) is 19.8 Å². The van der Waals surface area contributed by atoms with Crippen LogP contribution in [-0.2, 0) is 21.4 Å². The van der Waals surface area contributed by atoms with Crippen molar-refractivity contribution in [1.82, 2.24) is 4.72 Å². The van der Waals surface area contributed by atoms with Gasteiger partial charge >= 0.3 is 0 Å². The van der Waals surface area contributed by atoms with E-state index in [-0.39, 0.29) is 17.5 Å². The van der Waals surface area contributed by atoms with Gasteiger partial charge in [-0.15, -0.1) is 0 Å². The van der Waals surface area contributed by atoms with Crippen LogP contribution in [0.4, 0.5) is 0 Å². The van der Waals surface area contributed by atoms with Crippen molar-refractivity contribution in [3.05, 3.63) is 17.9 Å². The Kier molecular flexibility index (Phi) is 7.07. The predicted octanol–water partition coefficient (Wildman–Crippen LogP) is 1.26. The first-order valence-electron chi connectivity index (χ1n) is 6.37. The smallest absolute Gasteiger partial charge is 0.273 e. The van der Waals surface area contributed by atoms with Crippen molar-refractivity contribution in [2.45, 2.75) is 37.9 Å². The predicted molar refractivity (Wildman–Crippen MR) is 70.2 cm³/mol. The minimum absolute atomic E-state index is 0.177. The molecular formula is C12H21NO5S. The van der Waals surface area contributed by atoms with Gasteiger partial charge in [-0.1, -0.05) is 13.3 Å². The number of ether oxygens (including phenoxy) is 1. The molecule has 0 amide bonds. The number of hydrogen-bond acceptors (Lipinski definition) is 5. The molecule has 2 N–H and O–H groups in total. The number of sulfonamides is 1. The number of aliphatic hydroxyl groups is 1. The first-order chi connectivity index (χ1) is 9.10. The maximum Gasteiger partial charge on any atom is 0.273 e. The molecular weight excluding hydrogens is 270 g/mol. The topological polar surface area (TPSA) is 88.8 Å². The Labute approximate surface area is 113 Å². The summed E-state index contributed by atoms with van der Waals surface area (Å²) in [5.74, 6) is 0.225. The third kappa shape index (κ3) is 5.73. The van der Waals surface area contributed by atoms with Crippen LogP contribution in [-0.4, -0.2) is 33.3 Å². The van der Waals surface area contributed by atoms with Crippen LogP contribution in [0.5, 0.6) is 0 Å². The van der Waals surface area contributed by atoms with Gasteiger partial charge in [-0.25, -0.2) is 13.1 Å². The first kappa shape index (κ1) is 16.2. The normalized spacial score (nSPS) is 11.9. The van der Waals surface area contributed by atoms with Crippen LogP contribution in [0.3, 0.4) is 0 Å². The van der Waals surface area contributed by atoms with E-state index in [1.165, 1.54) is 12.1 Å². The average molecular weight is 291 g/mol. The minimum Gasteiger partial charge on any atom is -0.446 e. The van der Waals surface area contributed by atoms with E-state index in [9.17, 15) is 8.42 Å². The molecule has 0 saturated heterocycles. The van der Waals surface area contributed by atoms with Crippen molar-refractivity contribution in [2.75, 3.05) is 19.8 Å². The molecule has 1 aromatic heterocycles. The molecule has 0 spiro atoms. The van der Waals surface area contributed by atoms with Crippen molar-refractivity contribution in [3.63, 3.8) is 0 Å². The lowest BCUT2D eigenvalue weighted by atomic mass is 10.4. The van der Waals surface area contributed by atoms with Gasteiger partial charge in [-0.2, -0.15) is 0 Å². The van der Waals surface area contributed by atoms with Crippen LogP contribution in [0, 0.1) is 0 Å². The molecule has 110 valence electrons. The summed E-state index contributed by atoms with van der Waals surface area (Å²) in [5.41, 5.74) is 0. The van der Waals surface area contributed by atoms with E-state index >= 15 is 0 Å². The lowest BCUT2D eigenvalue weighted by Crippen LogP contribution is -2.25.